The van der Waals surface area contributed by atoms with Crippen LogP contribution >= 0.6 is 0 Å². The first-order chi connectivity index (χ1) is 9.63. The van der Waals surface area contributed by atoms with Crippen molar-refractivity contribution >= 4 is 5.78 Å². The molecule has 0 saturated carbocycles. The fraction of sp³-hybridized carbons (Fsp3) is 0.200. The van der Waals surface area contributed by atoms with Gasteiger partial charge in [0, 0.05) is 17.8 Å². The van der Waals surface area contributed by atoms with E-state index in [-0.39, 0.29) is 12.4 Å². The second-order valence-corrected chi connectivity index (χ2v) is 4.19. The number of rotatable bonds is 5. The Labute approximate surface area is 116 Å². The van der Waals surface area contributed by atoms with Gasteiger partial charge in [-0.15, -0.1) is 0 Å². The molecule has 20 heavy (non-hydrogen) atoms. The van der Waals surface area contributed by atoms with E-state index in [0.717, 1.165) is 5.56 Å². The lowest BCUT2D eigenvalue weighted by molar-refractivity contribution is 0.101. The van der Waals surface area contributed by atoms with Crippen LogP contribution in [0.4, 0.5) is 0 Å². The molecule has 0 aliphatic carbocycles. The van der Waals surface area contributed by atoms with Gasteiger partial charge in [-0.25, -0.2) is 4.98 Å². The smallest absolute Gasteiger partial charge is 0.219 e. The summed E-state index contributed by atoms with van der Waals surface area (Å²) in [5, 5.41) is 9.08. The van der Waals surface area contributed by atoms with Crippen molar-refractivity contribution in [2.45, 2.75) is 13.5 Å². The number of methoxy groups -OCH3 is 1. The molecule has 5 heteroatoms. The van der Waals surface area contributed by atoms with Crippen molar-refractivity contribution < 1.29 is 19.4 Å². The largest absolute Gasteiger partial charge is 0.493 e. The highest BCUT2D eigenvalue weighted by Gasteiger charge is 2.08. The molecule has 0 amide bonds. The molecule has 0 bridgehead atoms. The summed E-state index contributed by atoms with van der Waals surface area (Å²) in [6, 6.07) is 8.40. The zero-order valence-corrected chi connectivity index (χ0v) is 11.3. The second-order valence-electron chi connectivity index (χ2n) is 4.19. The molecule has 0 radical (unpaired) electrons. The first-order valence-electron chi connectivity index (χ1n) is 6.06. The molecule has 0 saturated heterocycles. The molecule has 2 aromatic rings. The van der Waals surface area contributed by atoms with Gasteiger partial charge in [-0.3, -0.25) is 4.79 Å². The first kappa shape index (κ1) is 14.0. The third kappa shape index (κ3) is 3.13. The summed E-state index contributed by atoms with van der Waals surface area (Å²) in [4.78, 5) is 15.2. The van der Waals surface area contributed by atoms with Crippen molar-refractivity contribution in [3.63, 3.8) is 0 Å². The van der Waals surface area contributed by atoms with E-state index in [4.69, 9.17) is 14.6 Å². The maximum atomic E-state index is 11.2. The highest BCUT2D eigenvalue weighted by molar-refractivity contribution is 5.93. The summed E-state index contributed by atoms with van der Waals surface area (Å²) in [5.74, 6) is 1.32. The van der Waals surface area contributed by atoms with Crippen LogP contribution in [0.2, 0.25) is 0 Å². The lowest BCUT2D eigenvalue weighted by Gasteiger charge is -2.10. The van der Waals surface area contributed by atoms with E-state index in [9.17, 15) is 4.79 Å². The number of ether oxygens (including phenoxy) is 2. The molecular weight excluding hydrogens is 258 g/mol. The lowest BCUT2D eigenvalue weighted by Crippen LogP contribution is -1.96. The molecule has 0 atom stereocenters. The van der Waals surface area contributed by atoms with Gasteiger partial charge in [0.25, 0.3) is 0 Å². The quantitative estimate of drug-likeness (QED) is 0.848. The maximum absolute atomic E-state index is 11.2. The van der Waals surface area contributed by atoms with Gasteiger partial charge < -0.3 is 14.6 Å². The van der Waals surface area contributed by atoms with Crippen LogP contribution in [0.5, 0.6) is 17.4 Å². The Balaban J connectivity index is 2.23. The Kier molecular flexibility index (Phi) is 4.32. The van der Waals surface area contributed by atoms with Crippen LogP contribution in [0.15, 0.2) is 36.5 Å². The van der Waals surface area contributed by atoms with E-state index in [1.807, 2.05) is 0 Å². The number of ketones is 1. The van der Waals surface area contributed by atoms with Gasteiger partial charge in [0.2, 0.25) is 5.88 Å². The average Bonchev–Trinajstić information content (AvgIpc) is 2.48. The van der Waals surface area contributed by atoms with Gasteiger partial charge in [0.15, 0.2) is 17.3 Å². The summed E-state index contributed by atoms with van der Waals surface area (Å²) in [5.41, 5.74) is 1.26. The van der Waals surface area contributed by atoms with Crippen molar-refractivity contribution in [1.82, 2.24) is 4.98 Å². The molecule has 0 fully saturated rings. The zero-order chi connectivity index (χ0) is 14.5. The molecule has 0 unspecified atom stereocenters. The second kappa shape index (κ2) is 6.16. The summed E-state index contributed by atoms with van der Waals surface area (Å²) in [6.07, 6.45) is 1.46. The summed E-state index contributed by atoms with van der Waals surface area (Å²) in [6.45, 7) is 1.41. The molecular formula is C15H15NO4. The minimum atomic E-state index is -0.0673. The van der Waals surface area contributed by atoms with Gasteiger partial charge in [0.05, 0.1) is 13.7 Å². The third-order valence-corrected chi connectivity index (χ3v) is 2.77. The van der Waals surface area contributed by atoms with E-state index in [1.54, 1.807) is 30.3 Å². The molecule has 0 aliphatic heterocycles. The summed E-state index contributed by atoms with van der Waals surface area (Å²) in [7, 11) is 1.52. The summed E-state index contributed by atoms with van der Waals surface area (Å²) >= 11 is 0. The number of aliphatic hydroxyl groups is 1. The van der Waals surface area contributed by atoms with Crippen LogP contribution in [-0.2, 0) is 6.61 Å². The van der Waals surface area contributed by atoms with Crippen molar-refractivity contribution in [2.24, 2.45) is 0 Å². The van der Waals surface area contributed by atoms with Gasteiger partial charge in [-0.2, -0.15) is 0 Å². The average molecular weight is 273 g/mol. The van der Waals surface area contributed by atoms with E-state index in [1.165, 1.54) is 20.2 Å². The number of carbonyl (C=O) groups excluding carboxylic acids is 1. The van der Waals surface area contributed by atoms with Crippen LogP contribution in [0.3, 0.4) is 0 Å². The predicted molar refractivity (Wildman–Crippen MR) is 73.2 cm³/mol. The normalized spacial score (nSPS) is 10.2. The van der Waals surface area contributed by atoms with Gasteiger partial charge >= 0.3 is 0 Å². The number of benzene rings is 1. The predicted octanol–water partition coefficient (Wildman–Crippen LogP) is 2.58. The molecule has 2 rings (SSSR count). The SMILES string of the molecule is COc1cc(CO)ccc1Oc1ccc(C(C)=O)cn1. The Hall–Kier alpha value is -2.40. The van der Waals surface area contributed by atoms with E-state index in [2.05, 4.69) is 4.98 Å². The van der Waals surface area contributed by atoms with Crippen molar-refractivity contribution in [3.8, 4) is 17.4 Å². The van der Waals surface area contributed by atoms with Crippen molar-refractivity contribution in [3.05, 3.63) is 47.7 Å². The molecule has 1 aromatic heterocycles. The van der Waals surface area contributed by atoms with Crippen LogP contribution in [0.1, 0.15) is 22.8 Å². The Morgan fingerprint density at radius 3 is 2.60 bits per heavy atom. The van der Waals surface area contributed by atoms with Gasteiger partial charge in [-0.05, 0) is 30.7 Å². The Bertz CT molecular complexity index is 608. The van der Waals surface area contributed by atoms with Crippen molar-refractivity contribution in [1.29, 1.82) is 0 Å². The molecule has 0 spiro atoms. The van der Waals surface area contributed by atoms with Crippen LogP contribution in [-0.4, -0.2) is 23.0 Å². The Morgan fingerprint density at radius 1 is 1.25 bits per heavy atom. The standard InChI is InChI=1S/C15H15NO4/c1-10(18)12-4-6-15(16-8-12)20-13-5-3-11(9-17)7-14(13)19-2/h3-8,17H,9H2,1-2H3. The van der Waals surface area contributed by atoms with Crippen LogP contribution < -0.4 is 9.47 Å². The maximum Gasteiger partial charge on any atom is 0.219 e. The van der Waals surface area contributed by atoms with Crippen LogP contribution in [0, 0.1) is 0 Å². The zero-order valence-electron chi connectivity index (χ0n) is 11.3. The molecule has 104 valence electrons. The van der Waals surface area contributed by atoms with E-state index >= 15 is 0 Å². The monoisotopic (exact) mass is 273 g/mol. The number of hydrogen-bond donors (Lipinski definition) is 1. The molecule has 1 heterocycles. The first-order valence-corrected chi connectivity index (χ1v) is 6.06. The van der Waals surface area contributed by atoms with Gasteiger partial charge in [0.1, 0.15) is 0 Å². The number of nitrogens with zero attached hydrogens (tertiary/aromatic N) is 1. The minimum Gasteiger partial charge on any atom is -0.493 e. The molecule has 0 aliphatic rings. The number of pyridine rings is 1. The van der Waals surface area contributed by atoms with Crippen LogP contribution in [0.25, 0.3) is 0 Å². The summed E-state index contributed by atoms with van der Waals surface area (Å²) < 4.78 is 10.8. The van der Waals surface area contributed by atoms with Crippen molar-refractivity contribution in [2.75, 3.05) is 7.11 Å². The number of hydrogen-bond acceptors (Lipinski definition) is 5. The minimum absolute atomic E-state index is 0.0473. The number of aromatic nitrogens is 1. The van der Waals surface area contributed by atoms with E-state index < -0.39 is 0 Å². The number of aliphatic hydroxyl groups excluding tert-OH is 1. The highest BCUT2D eigenvalue weighted by Crippen LogP contribution is 2.31. The Morgan fingerprint density at radius 2 is 2.05 bits per heavy atom. The molecule has 5 nitrogen and oxygen atoms in total. The lowest BCUT2D eigenvalue weighted by atomic mass is 10.2. The van der Waals surface area contributed by atoms with E-state index in [0.29, 0.717) is 22.9 Å². The molecule has 1 N–H and O–H groups in total. The highest BCUT2D eigenvalue weighted by atomic mass is 16.5. The number of carbonyl (C=O) groups is 1. The third-order valence-electron chi connectivity index (χ3n) is 2.77. The fourth-order valence-corrected chi connectivity index (χ4v) is 1.66. The van der Waals surface area contributed by atoms with Gasteiger partial charge in [-0.1, -0.05) is 6.07 Å². The molecule has 1 aromatic carbocycles. The number of Topliss-reactive ketones (excluding diaryl/α,β-unsaturated/α-hetero) is 1. The topological polar surface area (TPSA) is 68.7 Å². The fourth-order valence-electron chi connectivity index (χ4n) is 1.66.